The second-order valence-electron chi connectivity index (χ2n) is 6.18. The molecule has 2 atom stereocenters. The standard InChI is InChI=1S/C20H22F3NO3/c1-14(12-15-8-7-11-17(13-15)26-2)24-18(25)19(27-3,20(21,22)23)16-9-5-4-6-10-16/h4-11,13-14H,12H2,1-3H3,(H,24,25)/t14-,19-/m1/s1. The Morgan fingerprint density at radius 1 is 1.07 bits per heavy atom. The van der Waals surface area contributed by atoms with Crippen LogP contribution in [0.2, 0.25) is 0 Å². The fourth-order valence-corrected chi connectivity index (χ4v) is 2.95. The third kappa shape index (κ3) is 4.42. The number of nitrogens with one attached hydrogen (secondary N) is 1. The summed E-state index contributed by atoms with van der Waals surface area (Å²) in [5.41, 5.74) is -2.51. The lowest BCUT2D eigenvalue weighted by atomic mass is 9.91. The summed E-state index contributed by atoms with van der Waals surface area (Å²) in [6.45, 7) is 1.64. The molecule has 2 aromatic rings. The summed E-state index contributed by atoms with van der Waals surface area (Å²) < 4.78 is 51.6. The zero-order valence-corrected chi connectivity index (χ0v) is 15.3. The molecule has 0 bridgehead atoms. The fraction of sp³-hybridized carbons (Fsp3) is 0.350. The first-order valence-corrected chi connectivity index (χ1v) is 8.36. The lowest BCUT2D eigenvalue weighted by Gasteiger charge is -2.34. The van der Waals surface area contributed by atoms with Gasteiger partial charge >= 0.3 is 6.18 Å². The normalized spacial score (nSPS) is 14.9. The van der Waals surface area contributed by atoms with E-state index in [0.717, 1.165) is 12.7 Å². The van der Waals surface area contributed by atoms with Gasteiger partial charge < -0.3 is 14.8 Å². The van der Waals surface area contributed by atoms with Crippen molar-refractivity contribution in [1.29, 1.82) is 0 Å². The first-order valence-electron chi connectivity index (χ1n) is 8.36. The van der Waals surface area contributed by atoms with Crippen molar-refractivity contribution in [3.05, 3.63) is 65.7 Å². The number of amides is 1. The average molecular weight is 381 g/mol. The van der Waals surface area contributed by atoms with Crippen LogP contribution in [0.4, 0.5) is 13.2 Å². The van der Waals surface area contributed by atoms with Crippen molar-refractivity contribution in [2.45, 2.75) is 31.2 Å². The lowest BCUT2D eigenvalue weighted by molar-refractivity contribution is -0.266. The van der Waals surface area contributed by atoms with Gasteiger partial charge in [0.05, 0.1) is 7.11 Å². The quantitative estimate of drug-likeness (QED) is 0.793. The van der Waals surface area contributed by atoms with Crippen LogP contribution < -0.4 is 10.1 Å². The largest absolute Gasteiger partial charge is 0.497 e. The first kappa shape index (κ1) is 20.8. The molecule has 27 heavy (non-hydrogen) atoms. The minimum atomic E-state index is -4.93. The maximum absolute atomic E-state index is 13.9. The Bertz CT molecular complexity index is 765. The van der Waals surface area contributed by atoms with Crippen molar-refractivity contribution in [2.24, 2.45) is 0 Å². The number of alkyl halides is 3. The number of rotatable bonds is 7. The fourth-order valence-electron chi connectivity index (χ4n) is 2.95. The Morgan fingerprint density at radius 2 is 1.74 bits per heavy atom. The molecular formula is C20H22F3NO3. The smallest absolute Gasteiger partial charge is 0.430 e. The van der Waals surface area contributed by atoms with Crippen LogP contribution in [-0.4, -0.2) is 32.3 Å². The van der Waals surface area contributed by atoms with E-state index in [0.29, 0.717) is 12.2 Å². The van der Waals surface area contributed by atoms with Crippen molar-refractivity contribution >= 4 is 5.91 Å². The predicted molar refractivity (Wildman–Crippen MR) is 95.5 cm³/mol. The minimum absolute atomic E-state index is 0.272. The SMILES string of the molecule is COc1cccc(C[C@@H](C)NC(=O)[C@](OC)(c2ccccc2)C(F)(F)F)c1. The highest BCUT2D eigenvalue weighted by molar-refractivity contribution is 5.88. The highest BCUT2D eigenvalue weighted by atomic mass is 19.4. The van der Waals surface area contributed by atoms with Gasteiger partial charge in [0, 0.05) is 18.7 Å². The van der Waals surface area contributed by atoms with Gasteiger partial charge in [0.1, 0.15) is 5.75 Å². The molecule has 1 amide bonds. The third-order valence-corrected chi connectivity index (χ3v) is 4.26. The Morgan fingerprint density at radius 3 is 2.30 bits per heavy atom. The van der Waals surface area contributed by atoms with Gasteiger partial charge in [-0.1, -0.05) is 42.5 Å². The summed E-state index contributed by atoms with van der Waals surface area (Å²) in [5, 5.41) is 2.44. The maximum atomic E-state index is 13.9. The summed E-state index contributed by atoms with van der Waals surface area (Å²) in [6, 6.07) is 13.5. The Hall–Kier alpha value is -2.54. The van der Waals surface area contributed by atoms with Crippen LogP contribution >= 0.6 is 0 Å². The Balaban J connectivity index is 2.25. The molecule has 2 aromatic carbocycles. The monoisotopic (exact) mass is 381 g/mol. The topological polar surface area (TPSA) is 47.6 Å². The first-order chi connectivity index (χ1) is 12.7. The van der Waals surface area contributed by atoms with Crippen molar-refractivity contribution in [3.8, 4) is 5.75 Å². The van der Waals surface area contributed by atoms with E-state index in [2.05, 4.69) is 5.32 Å². The zero-order chi connectivity index (χ0) is 20.1. The zero-order valence-electron chi connectivity index (χ0n) is 15.3. The van der Waals surface area contributed by atoms with Crippen molar-refractivity contribution in [3.63, 3.8) is 0 Å². The van der Waals surface area contributed by atoms with Crippen LogP contribution in [-0.2, 0) is 21.6 Å². The molecule has 0 saturated heterocycles. The van der Waals surface area contributed by atoms with E-state index in [1.807, 2.05) is 6.07 Å². The van der Waals surface area contributed by atoms with Crippen molar-refractivity contribution < 1.29 is 27.4 Å². The Kier molecular flexibility index (Phi) is 6.49. The molecule has 0 radical (unpaired) electrons. The summed E-state index contributed by atoms with van der Waals surface area (Å²) >= 11 is 0. The van der Waals surface area contributed by atoms with E-state index >= 15 is 0 Å². The van der Waals surface area contributed by atoms with Crippen LogP contribution in [0.3, 0.4) is 0 Å². The van der Waals surface area contributed by atoms with E-state index in [9.17, 15) is 18.0 Å². The van der Waals surface area contributed by atoms with E-state index in [1.54, 1.807) is 31.2 Å². The molecule has 0 aliphatic carbocycles. The van der Waals surface area contributed by atoms with E-state index in [4.69, 9.17) is 9.47 Å². The average Bonchev–Trinajstić information content (AvgIpc) is 2.62. The highest BCUT2D eigenvalue weighted by Crippen LogP contribution is 2.42. The molecule has 0 aromatic heterocycles. The van der Waals surface area contributed by atoms with Gasteiger partial charge in [-0.05, 0) is 31.0 Å². The predicted octanol–water partition coefficient (Wildman–Crippen LogP) is 3.85. The molecule has 0 aliphatic heterocycles. The number of hydrogen-bond acceptors (Lipinski definition) is 3. The molecule has 4 nitrogen and oxygen atoms in total. The molecule has 2 rings (SSSR count). The van der Waals surface area contributed by atoms with E-state index < -0.39 is 23.7 Å². The van der Waals surface area contributed by atoms with Crippen LogP contribution in [0.25, 0.3) is 0 Å². The molecule has 1 N–H and O–H groups in total. The van der Waals surface area contributed by atoms with Crippen LogP contribution in [0.5, 0.6) is 5.75 Å². The molecule has 7 heteroatoms. The third-order valence-electron chi connectivity index (χ3n) is 4.26. The van der Waals surface area contributed by atoms with Gasteiger partial charge in [0.25, 0.3) is 11.5 Å². The summed E-state index contributed by atoms with van der Waals surface area (Å²) in [5.74, 6) is -0.615. The van der Waals surface area contributed by atoms with Crippen LogP contribution in [0.15, 0.2) is 54.6 Å². The van der Waals surface area contributed by atoms with Gasteiger partial charge in [0.2, 0.25) is 0 Å². The minimum Gasteiger partial charge on any atom is -0.497 e. The van der Waals surface area contributed by atoms with Gasteiger partial charge in [-0.15, -0.1) is 0 Å². The number of methoxy groups -OCH3 is 2. The number of carbonyl (C=O) groups is 1. The maximum Gasteiger partial charge on any atom is 0.430 e. The second kappa shape index (κ2) is 8.43. The number of halogens is 3. The molecular weight excluding hydrogens is 359 g/mol. The molecule has 0 aliphatic rings. The van der Waals surface area contributed by atoms with Crippen molar-refractivity contribution in [2.75, 3.05) is 14.2 Å². The lowest BCUT2D eigenvalue weighted by Crippen LogP contribution is -2.57. The number of ether oxygens (including phenoxy) is 2. The molecule has 0 saturated carbocycles. The molecule has 0 unspecified atom stereocenters. The summed E-state index contributed by atoms with van der Waals surface area (Å²) in [4.78, 5) is 12.7. The van der Waals surface area contributed by atoms with Gasteiger partial charge in [-0.3, -0.25) is 4.79 Å². The van der Waals surface area contributed by atoms with Gasteiger partial charge in [-0.25, -0.2) is 0 Å². The molecule has 0 heterocycles. The summed E-state index contributed by atoms with van der Waals surface area (Å²) in [7, 11) is 2.41. The van der Waals surface area contributed by atoms with Gasteiger partial charge in [-0.2, -0.15) is 13.2 Å². The van der Waals surface area contributed by atoms with Crippen molar-refractivity contribution in [1.82, 2.24) is 5.32 Å². The number of carbonyl (C=O) groups excluding carboxylic acids is 1. The van der Waals surface area contributed by atoms with E-state index in [-0.39, 0.29) is 5.56 Å². The van der Waals surface area contributed by atoms with Crippen LogP contribution in [0.1, 0.15) is 18.1 Å². The highest BCUT2D eigenvalue weighted by Gasteiger charge is 2.62. The molecule has 0 fully saturated rings. The molecule has 0 spiro atoms. The second-order valence-corrected chi connectivity index (χ2v) is 6.18. The Labute approximate surface area is 156 Å². The van der Waals surface area contributed by atoms with E-state index in [1.165, 1.54) is 31.4 Å². The van der Waals surface area contributed by atoms with Gasteiger partial charge in [0.15, 0.2) is 0 Å². The molecule has 146 valence electrons. The number of benzene rings is 2. The summed E-state index contributed by atoms with van der Waals surface area (Å²) in [6.07, 6.45) is -4.59. The number of hydrogen-bond donors (Lipinski definition) is 1. The van der Waals surface area contributed by atoms with Crippen LogP contribution in [0, 0.1) is 0 Å².